The van der Waals surface area contributed by atoms with Gasteiger partial charge in [0.1, 0.15) is 5.82 Å². The van der Waals surface area contributed by atoms with Gasteiger partial charge in [-0.15, -0.1) is 0 Å². The first-order valence-corrected chi connectivity index (χ1v) is 6.89. The molecule has 0 atom stereocenters. The molecule has 2 aromatic carbocycles. The monoisotopic (exact) mass is 301 g/mol. The predicted octanol–water partition coefficient (Wildman–Crippen LogP) is 4.28. The summed E-state index contributed by atoms with van der Waals surface area (Å²) in [5, 5.41) is 7.94. The van der Waals surface area contributed by atoms with E-state index in [-0.39, 0.29) is 5.82 Å². The number of anilines is 1. The highest BCUT2D eigenvalue weighted by Crippen LogP contribution is 2.20. The lowest BCUT2D eigenvalue weighted by Gasteiger charge is -2.06. The fourth-order valence-corrected chi connectivity index (χ4v) is 2.17. The third kappa shape index (κ3) is 3.23. The average molecular weight is 302 g/mol. The van der Waals surface area contributed by atoms with Crippen molar-refractivity contribution in [3.63, 3.8) is 0 Å². The molecule has 0 spiro atoms. The summed E-state index contributed by atoms with van der Waals surface area (Å²) in [5.74, 6) is -0.332. The molecule has 1 N–H and O–H groups in total. The van der Waals surface area contributed by atoms with Gasteiger partial charge in [-0.25, -0.2) is 9.07 Å². The van der Waals surface area contributed by atoms with Crippen molar-refractivity contribution in [3.8, 4) is 5.69 Å². The molecule has 5 heteroatoms. The number of rotatable bonds is 4. The molecule has 3 rings (SSSR count). The van der Waals surface area contributed by atoms with Gasteiger partial charge in [0.25, 0.3) is 0 Å². The Morgan fingerprint density at radius 2 is 1.90 bits per heavy atom. The lowest BCUT2D eigenvalue weighted by Crippen LogP contribution is -2.03. The molecule has 3 nitrogen and oxygen atoms in total. The van der Waals surface area contributed by atoms with E-state index >= 15 is 0 Å². The van der Waals surface area contributed by atoms with Crippen LogP contribution in [0.3, 0.4) is 0 Å². The van der Waals surface area contributed by atoms with Crippen molar-refractivity contribution in [1.82, 2.24) is 9.78 Å². The molecule has 0 aliphatic carbocycles. The largest absolute Gasteiger partial charge is 0.377 e. The number of hydrogen-bond acceptors (Lipinski definition) is 2. The van der Waals surface area contributed by atoms with Crippen LogP contribution >= 0.6 is 11.6 Å². The van der Waals surface area contributed by atoms with Gasteiger partial charge in [-0.2, -0.15) is 5.10 Å². The molecular formula is C16H13ClFN3. The Bertz CT molecular complexity index is 740. The van der Waals surface area contributed by atoms with Crippen molar-refractivity contribution < 1.29 is 4.39 Å². The molecule has 1 aromatic heterocycles. The van der Waals surface area contributed by atoms with Gasteiger partial charge in [0.2, 0.25) is 0 Å². The number of nitrogens with zero attached hydrogens (tertiary/aromatic N) is 2. The van der Waals surface area contributed by atoms with Crippen molar-refractivity contribution in [2.75, 3.05) is 5.32 Å². The Hall–Kier alpha value is -2.33. The van der Waals surface area contributed by atoms with E-state index in [2.05, 4.69) is 10.4 Å². The summed E-state index contributed by atoms with van der Waals surface area (Å²) in [6, 6.07) is 16.1. The van der Waals surface area contributed by atoms with Gasteiger partial charge in [-0.3, -0.25) is 0 Å². The molecule has 0 saturated heterocycles. The standard InChI is InChI=1S/C16H13ClFN3/c17-12-6-7-15(18)16(10-12)19-11-13-8-9-21(20-13)14-4-2-1-3-5-14/h1-10,19H,11H2. The van der Waals surface area contributed by atoms with Gasteiger partial charge >= 0.3 is 0 Å². The first-order chi connectivity index (χ1) is 10.2. The first kappa shape index (κ1) is 13.6. The van der Waals surface area contributed by atoms with Crippen LogP contribution in [-0.2, 0) is 6.54 Å². The second-order valence-corrected chi connectivity index (χ2v) is 5.00. The molecule has 0 unspecified atom stereocenters. The maximum absolute atomic E-state index is 13.6. The predicted molar refractivity (Wildman–Crippen MR) is 82.3 cm³/mol. The Morgan fingerprint density at radius 3 is 2.71 bits per heavy atom. The average Bonchev–Trinajstić information content (AvgIpc) is 2.98. The van der Waals surface area contributed by atoms with Crippen LogP contribution in [0.5, 0.6) is 0 Å². The number of benzene rings is 2. The molecule has 0 saturated carbocycles. The fourth-order valence-electron chi connectivity index (χ4n) is 2.00. The Balaban J connectivity index is 1.72. The highest BCUT2D eigenvalue weighted by atomic mass is 35.5. The minimum Gasteiger partial charge on any atom is -0.377 e. The maximum Gasteiger partial charge on any atom is 0.146 e. The lowest BCUT2D eigenvalue weighted by atomic mass is 10.3. The van der Waals surface area contributed by atoms with E-state index in [1.807, 2.05) is 42.6 Å². The molecule has 0 aliphatic rings. The van der Waals surface area contributed by atoms with Crippen LogP contribution in [0.25, 0.3) is 5.69 Å². The zero-order chi connectivity index (χ0) is 14.7. The number of aromatic nitrogens is 2. The smallest absolute Gasteiger partial charge is 0.146 e. The summed E-state index contributed by atoms with van der Waals surface area (Å²) in [4.78, 5) is 0. The highest BCUT2D eigenvalue weighted by molar-refractivity contribution is 6.30. The zero-order valence-corrected chi connectivity index (χ0v) is 11.9. The Morgan fingerprint density at radius 1 is 1.10 bits per heavy atom. The lowest BCUT2D eigenvalue weighted by molar-refractivity contribution is 0.630. The molecule has 3 aromatic rings. The number of para-hydroxylation sites is 1. The summed E-state index contributed by atoms with van der Waals surface area (Å²) in [6.07, 6.45) is 1.88. The molecule has 0 aliphatic heterocycles. The minimum atomic E-state index is -0.332. The molecule has 0 radical (unpaired) electrons. The maximum atomic E-state index is 13.6. The van der Waals surface area contributed by atoms with Crippen LogP contribution < -0.4 is 5.32 Å². The van der Waals surface area contributed by atoms with Crippen LogP contribution in [0.1, 0.15) is 5.69 Å². The Kier molecular flexibility index (Phi) is 3.88. The van der Waals surface area contributed by atoms with Crippen molar-refractivity contribution >= 4 is 17.3 Å². The topological polar surface area (TPSA) is 29.9 Å². The van der Waals surface area contributed by atoms with Gasteiger partial charge < -0.3 is 5.32 Å². The number of halogens is 2. The van der Waals surface area contributed by atoms with Gasteiger partial charge in [-0.05, 0) is 36.4 Å². The van der Waals surface area contributed by atoms with Gasteiger partial charge in [0.05, 0.1) is 23.6 Å². The van der Waals surface area contributed by atoms with Crippen LogP contribution in [0.15, 0.2) is 60.8 Å². The molecule has 1 heterocycles. The summed E-state index contributed by atoms with van der Waals surface area (Å²) in [6.45, 7) is 0.428. The summed E-state index contributed by atoms with van der Waals surface area (Å²) >= 11 is 5.86. The van der Waals surface area contributed by atoms with Crippen molar-refractivity contribution in [2.24, 2.45) is 0 Å². The second kappa shape index (κ2) is 5.97. The van der Waals surface area contributed by atoms with Crippen LogP contribution in [0.2, 0.25) is 5.02 Å². The summed E-state index contributed by atoms with van der Waals surface area (Å²) in [7, 11) is 0. The SMILES string of the molecule is Fc1ccc(Cl)cc1NCc1ccn(-c2ccccc2)n1. The zero-order valence-electron chi connectivity index (χ0n) is 11.1. The van der Waals surface area contributed by atoms with E-state index in [9.17, 15) is 4.39 Å². The molecule has 21 heavy (non-hydrogen) atoms. The number of hydrogen-bond donors (Lipinski definition) is 1. The third-order valence-corrected chi connectivity index (χ3v) is 3.29. The van der Waals surface area contributed by atoms with Crippen LogP contribution in [0.4, 0.5) is 10.1 Å². The number of nitrogens with one attached hydrogen (secondary N) is 1. The molecule has 0 bridgehead atoms. The van der Waals surface area contributed by atoms with E-state index in [0.717, 1.165) is 11.4 Å². The van der Waals surface area contributed by atoms with E-state index in [0.29, 0.717) is 17.3 Å². The third-order valence-electron chi connectivity index (χ3n) is 3.05. The van der Waals surface area contributed by atoms with Crippen LogP contribution in [-0.4, -0.2) is 9.78 Å². The van der Waals surface area contributed by atoms with E-state index in [4.69, 9.17) is 11.6 Å². The van der Waals surface area contributed by atoms with E-state index in [1.54, 1.807) is 10.7 Å². The van der Waals surface area contributed by atoms with Crippen molar-refractivity contribution in [3.05, 3.63) is 77.3 Å². The van der Waals surface area contributed by atoms with E-state index in [1.165, 1.54) is 12.1 Å². The van der Waals surface area contributed by atoms with Crippen LogP contribution in [0, 0.1) is 5.82 Å². The fraction of sp³-hybridized carbons (Fsp3) is 0.0625. The van der Waals surface area contributed by atoms with Crippen molar-refractivity contribution in [2.45, 2.75) is 6.54 Å². The Labute approximate surface area is 127 Å². The summed E-state index contributed by atoms with van der Waals surface area (Å²) < 4.78 is 15.4. The van der Waals surface area contributed by atoms with Gasteiger partial charge in [0.15, 0.2) is 0 Å². The van der Waals surface area contributed by atoms with Gasteiger partial charge in [0, 0.05) is 11.2 Å². The van der Waals surface area contributed by atoms with Gasteiger partial charge in [-0.1, -0.05) is 29.8 Å². The molecule has 0 fully saturated rings. The molecular weight excluding hydrogens is 289 g/mol. The second-order valence-electron chi connectivity index (χ2n) is 4.56. The summed E-state index contributed by atoms with van der Waals surface area (Å²) in [5.41, 5.74) is 2.17. The normalized spacial score (nSPS) is 10.6. The highest BCUT2D eigenvalue weighted by Gasteiger charge is 2.05. The van der Waals surface area contributed by atoms with E-state index < -0.39 is 0 Å². The molecule has 106 valence electrons. The minimum absolute atomic E-state index is 0.332. The van der Waals surface area contributed by atoms with Crippen molar-refractivity contribution in [1.29, 1.82) is 0 Å². The molecule has 0 amide bonds. The first-order valence-electron chi connectivity index (χ1n) is 6.51. The quantitative estimate of drug-likeness (QED) is 0.779.